The SMILES string of the molecule is C=CCC1(CC=C)C=CC(c2ccccc2)C(O)=C1O.CCOCC. The van der Waals surface area contributed by atoms with Gasteiger partial charge in [-0.1, -0.05) is 54.6 Å². The number of hydrogen-bond donors (Lipinski definition) is 2. The van der Waals surface area contributed by atoms with Gasteiger partial charge in [0.1, 0.15) is 11.5 Å². The minimum atomic E-state index is -0.612. The molecule has 0 saturated carbocycles. The van der Waals surface area contributed by atoms with Crippen LogP contribution in [0.5, 0.6) is 0 Å². The van der Waals surface area contributed by atoms with E-state index >= 15 is 0 Å². The summed E-state index contributed by atoms with van der Waals surface area (Å²) in [5.41, 5.74) is 0.345. The first-order chi connectivity index (χ1) is 12.1. The Kier molecular flexibility index (Phi) is 8.79. The van der Waals surface area contributed by atoms with Gasteiger partial charge in [0, 0.05) is 13.2 Å². The lowest BCUT2D eigenvalue weighted by Crippen LogP contribution is -2.26. The van der Waals surface area contributed by atoms with E-state index in [9.17, 15) is 10.2 Å². The van der Waals surface area contributed by atoms with E-state index < -0.39 is 5.41 Å². The van der Waals surface area contributed by atoms with Crippen LogP contribution in [0, 0.1) is 5.41 Å². The molecule has 3 nitrogen and oxygen atoms in total. The fraction of sp³-hybridized carbons (Fsp3) is 0.364. The van der Waals surface area contributed by atoms with Gasteiger partial charge in [0.15, 0.2) is 0 Å². The minimum Gasteiger partial charge on any atom is -0.508 e. The largest absolute Gasteiger partial charge is 0.508 e. The molecule has 0 spiro atoms. The van der Waals surface area contributed by atoms with Crippen LogP contribution in [0.15, 0.2) is 79.3 Å². The topological polar surface area (TPSA) is 49.7 Å². The van der Waals surface area contributed by atoms with Gasteiger partial charge in [-0.15, -0.1) is 13.2 Å². The Balaban J connectivity index is 0.000000550. The number of aliphatic hydroxyl groups is 2. The van der Waals surface area contributed by atoms with Crippen LogP contribution in [0.4, 0.5) is 0 Å². The fourth-order valence-electron chi connectivity index (χ4n) is 2.91. The third-order valence-corrected chi connectivity index (χ3v) is 4.20. The normalized spacial score (nSPS) is 18.2. The molecule has 136 valence electrons. The average molecular weight is 342 g/mol. The smallest absolute Gasteiger partial charge is 0.142 e. The van der Waals surface area contributed by atoms with Gasteiger partial charge >= 0.3 is 0 Å². The maximum atomic E-state index is 10.5. The van der Waals surface area contributed by atoms with Gasteiger partial charge in [-0.25, -0.2) is 0 Å². The van der Waals surface area contributed by atoms with Crippen LogP contribution in [0.2, 0.25) is 0 Å². The van der Waals surface area contributed by atoms with E-state index in [1.165, 1.54) is 0 Å². The zero-order valence-corrected chi connectivity index (χ0v) is 15.3. The lowest BCUT2D eigenvalue weighted by atomic mass is 9.73. The van der Waals surface area contributed by atoms with Crippen molar-refractivity contribution in [2.24, 2.45) is 5.41 Å². The number of allylic oxidation sites excluding steroid dienone is 4. The van der Waals surface area contributed by atoms with E-state index in [1.807, 2.05) is 56.3 Å². The number of rotatable bonds is 7. The lowest BCUT2D eigenvalue weighted by Gasteiger charge is -2.33. The van der Waals surface area contributed by atoms with E-state index in [0.717, 1.165) is 18.8 Å². The van der Waals surface area contributed by atoms with E-state index in [4.69, 9.17) is 4.74 Å². The highest BCUT2D eigenvalue weighted by molar-refractivity contribution is 5.39. The minimum absolute atomic E-state index is 0.0161. The van der Waals surface area contributed by atoms with Gasteiger partial charge in [-0.05, 0) is 32.3 Å². The summed E-state index contributed by atoms with van der Waals surface area (Å²) < 4.78 is 4.83. The first kappa shape index (κ1) is 20.8. The fourth-order valence-corrected chi connectivity index (χ4v) is 2.91. The van der Waals surface area contributed by atoms with Crippen molar-refractivity contribution in [3.63, 3.8) is 0 Å². The van der Waals surface area contributed by atoms with Gasteiger partial charge in [-0.3, -0.25) is 0 Å². The van der Waals surface area contributed by atoms with Crippen LogP contribution in [0.25, 0.3) is 0 Å². The summed E-state index contributed by atoms with van der Waals surface area (Å²) >= 11 is 0. The molecule has 25 heavy (non-hydrogen) atoms. The van der Waals surface area contributed by atoms with Crippen molar-refractivity contribution in [3.8, 4) is 0 Å². The Morgan fingerprint density at radius 2 is 1.60 bits per heavy atom. The van der Waals surface area contributed by atoms with Crippen LogP contribution < -0.4 is 0 Å². The summed E-state index contributed by atoms with van der Waals surface area (Å²) in [5, 5.41) is 20.9. The maximum Gasteiger partial charge on any atom is 0.142 e. The van der Waals surface area contributed by atoms with Crippen molar-refractivity contribution in [3.05, 3.63) is 84.9 Å². The van der Waals surface area contributed by atoms with E-state index in [0.29, 0.717) is 12.8 Å². The third kappa shape index (κ3) is 5.36. The predicted octanol–water partition coefficient (Wildman–Crippen LogP) is 5.85. The first-order valence-corrected chi connectivity index (χ1v) is 8.72. The lowest BCUT2D eigenvalue weighted by molar-refractivity contribution is 0.162. The highest BCUT2D eigenvalue weighted by Gasteiger charge is 2.37. The van der Waals surface area contributed by atoms with Crippen molar-refractivity contribution in [2.45, 2.75) is 32.6 Å². The molecular formula is C22H30O3. The molecule has 0 radical (unpaired) electrons. The van der Waals surface area contributed by atoms with Crippen LogP contribution in [0.3, 0.4) is 0 Å². The monoisotopic (exact) mass is 342 g/mol. The molecule has 0 aromatic heterocycles. The standard InChI is InChI=1S/C18H20O2.C4H10O/c1-3-11-18(12-4-2)13-10-15(16(19)17(18)20)14-8-6-5-7-9-14;1-3-5-4-2/h3-10,13,15,19-20H,1-2,11-12H2;3-4H2,1-2H3. The van der Waals surface area contributed by atoms with Gasteiger partial charge < -0.3 is 14.9 Å². The van der Waals surface area contributed by atoms with Gasteiger partial charge in [-0.2, -0.15) is 0 Å². The van der Waals surface area contributed by atoms with Crippen molar-refractivity contribution in [1.29, 1.82) is 0 Å². The Labute approximate surface area is 151 Å². The Morgan fingerprint density at radius 3 is 2.04 bits per heavy atom. The number of aliphatic hydroxyl groups excluding tert-OH is 2. The summed E-state index contributed by atoms with van der Waals surface area (Å²) in [6.45, 7) is 13.1. The van der Waals surface area contributed by atoms with Crippen LogP contribution in [-0.4, -0.2) is 23.4 Å². The molecule has 0 aliphatic heterocycles. The summed E-state index contributed by atoms with van der Waals surface area (Å²) in [7, 11) is 0. The van der Waals surface area contributed by atoms with Gasteiger partial charge in [0.2, 0.25) is 0 Å². The van der Waals surface area contributed by atoms with E-state index in [2.05, 4.69) is 13.2 Å². The van der Waals surface area contributed by atoms with Crippen LogP contribution >= 0.6 is 0 Å². The molecule has 1 atom stereocenters. The van der Waals surface area contributed by atoms with E-state index in [-0.39, 0.29) is 17.4 Å². The molecule has 0 heterocycles. The van der Waals surface area contributed by atoms with Crippen LogP contribution in [0.1, 0.15) is 38.2 Å². The van der Waals surface area contributed by atoms with Crippen molar-refractivity contribution >= 4 is 0 Å². The summed E-state index contributed by atoms with van der Waals surface area (Å²) in [4.78, 5) is 0. The second-order valence-electron chi connectivity index (χ2n) is 5.90. The molecule has 1 unspecified atom stereocenters. The number of benzene rings is 1. The number of ether oxygens (including phenoxy) is 1. The van der Waals surface area contributed by atoms with Crippen LogP contribution in [-0.2, 0) is 4.74 Å². The molecule has 0 fully saturated rings. The molecule has 1 aliphatic carbocycles. The third-order valence-electron chi connectivity index (χ3n) is 4.20. The first-order valence-electron chi connectivity index (χ1n) is 8.72. The van der Waals surface area contributed by atoms with Gasteiger partial charge in [0.05, 0.1) is 11.3 Å². The highest BCUT2D eigenvalue weighted by Crippen LogP contribution is 2.44. The quantitative estimate of drug-likeness (QED) is 0.611. The molecule has 1 aromatic carbocycles. The van der Waals surface area contributed by atoms with Crippen molar-refractivity contribution in [1.82, 2.24) is 0 Å². The second-order valence-corrected chi connectivity index (χ2v) is 5.90. The summed E-state index contributed by atoms with van der Waals surface area (Å²) in [6, 6.07) is 9.64. The van der Waals surface area contributed by atoms with Crippen molar-refractivity contribution in [2.75, 3.05) is 13.2 Å². The predicted molar refractivity (Wildman–Crippen MR) is 105 cm³/mol. The van der Waals surface area contributed by atoms with E-state index in [1.54, 1.807) is 12.2 Å². The molecule has 0 amide bonds. The molecule has 2 rings (SSSR count). The number of hydrogen-bond acceptors (Lipinski definition) is 3. The summed E-state index contributed by atoms with van der Waals surface area (Å²) in [5.74, 6) is -0.255. The molecular weight excluding hydrogens is 312 g/mol. The Hall–Kier alpha value is -2.26. The Morgan fingerprint density at radius 1 is 1.04 bits per heavy atom. The molecule has 2 N–H and O–H groups in total. The highest BCUT2D eigenvalue weighted by atomic mass is 16.5. The summed E-state index contributed by atoms with van der Waals surface area (Å²) in [6.07, 6.45) is 8.53. The second kappa shape index (κ2) is 10.6. The zero-order valence-electron chi connectivity index (χ0n) is 15.3. The zero-order chi connectivity index (χ0) is 18.7. The molecule has 1 aromatic rings. The molecule has 0 saturated heterocycles. The van der Waals surface area contributed by atoms with Crippen molar-refractivity contribution < 1.29 is 14.9 Å². The maximum absolute atomic E-state index is 10.5. The average Bonchev–Trinajstić information content (AvgIpc) is 2.62. The molecule has 3 heteroatoms. The molecule has 1 aliphatic rings. The molecule has 0 bridgehead atoms. The van der Waals surface area contributed by atoms with Gasteiger partial charge in [0.25, 0.3) is 0 Å². The Bertz CT molecular complexity index is 587.